The van der Waals surface area contributed by atoms with Gasteiger partial charge in [0.2, 0.25) is 6.79 Å². The highest BCUT2D eigenvalue weighted by molar-refractivity contribution is 6.06. The summed E-state index contributed by atoms with van der Waals surface area (Å²) in [4.78, 5) is 44.0. The summed E-state index contributed by atoms with van der Waals surface area (Å²) < 4.78 is 193. The number of fused-ring (bicyclic) bond motifs is 6. The van der Waals surface area contributed by atoms with Crippen molar-refractivity contribution in [2.75, 3.05) is 34.2 Å². The van der Waals surface area contributed by atoms with E-state index in [2.05, 4.69) is 49.8 Å². The normalized spacial score (nSPS) is 11.3. The van der Waals surface area contributed by atoms with Gasteiger partial charge in [-0.1, -0.05) is 24.3 Å². The summed E-state index contributed by atoms with van der Waals surface area (Å²) in [5.41, 5.74) is 14.4. The molecule has 0 fully saturated rings. The van der Waals surface area contributed by atoms with Gasteiger partial charge in [0.25, 0.3) is 0 Å². The molecule has 668 valence electrons. The predicted molar refractivity (Wildman–Crippen MR) is 493 cm³/mol. The van der Waals surface area contributed by atoms with E-state index in [1.54, 1.807) is 143 Å². The van der Waals surface area contributed by atoms with Crippen molar-refractivity contribution in [3.63, 3.8) is 0 Å². The van der Waals surface area contributed by atoms with E-state index in [4.69, 9.17) is 23.7 Å². The smallest absolute Gasteiger partial charge is 0.231 e. The molecule has 0 atom stereocenters. The minimum atomic E-state index is -0.773. The maximum atomic E-state index is 14.4. The number of nitrogens with zero attached hydrogens (tertiary/aromatic N) is 10. The van der Waals surface area contributed by atoms with E-state index >= 15 is 0 Å². The Morgan fingerprint density at radius 2 is 0.615 bits per heavy atom. The first-order chi connectivity index (χ1) is 65.6. The Morgan fingerprint density at radius 3 is 0.993 bits per heavy atom. The number of phenolic OH excluding ortho intramolecular Hbond substituents is 1. The Kier molecular flexibility index (Phi) is 26.6. The number of methoxy groups -OCH3 is 2. The largest absolute Gasteiger partial charge is 0.508 e. The zero-order valence-electron chi connectivity index (χ0n) is 71.6. The lowest BCUT2D eigenvalue weighted by atomic mass is 9.98. The molecule has 0 radical (unpaired) electrons. The minimum absolute atomic E-state index is 0.0162. The molecule has 20 aromatic rings. The van der Waals surface area contributed by atoms with Crippen LogP contribution >= 0.6 is 0 Å². The van der Waals surface area contributed by atoms with E-state index in [1.165, 1.54) is 73.1 Å². The van der Waals surface area contributed by atoms with Crippen LogP contribution in [0.15, 0.2) is 311 Å². The summed E-state index contributed by atoms with van der Waals surface area (Å²) in [6.45, 7) is 4.98. The van der Waals surface area contributed by atoms with Crippen LogP contribution in [0.25, 0.3) is 166 Å². The molecule has 1 aliphatic heterocycles. The number of benzene rings is 10. The van der Waals surface area contributed by atoms with Gasteiger partial charge in [-0.15, -0.1) is 0 Å². The third kappa shape index (κ3) is 19.0. The van der Waals surface area contributed by atoms with Crippen molar-refractivity contribution < 1.29 is 81.5 Å². The van der Waals surface area contributed by atoms with Crippen LogP contribution in [0.3, 0.4) is 0 Å². The summed E-state index contributed by atoms with van der Waals surface area (Å²) in [7, 11) is 3.22. The lowest BCUT2D eigenvalue weighted by Crippen LogP contribution is -2.04. The fourth-order valence-electron chi connectivity index (χ4n) is 15.9. The van der Waals surface area contributed by atoms with E-state index in [0.717, 1.165) is 104 Å². The topological polar surface area (TPSA) is 195 Å². The third-order valence-electron chi connectivity index (χ3n) is 22.1. The van der Waals surface area contributed by atoms with Crippen LogP contribution < -0.4 is 18.9 Å². The number of phenols is 1. The Balaban J connectivity index is 0.000000117. The molecular weight excluding hydrogens is 1750 g/mol. The summed E-state index contributed by atoms with van der Waals surface area (Å²) in [5, 5.41) is 13.0. The van der Waals surface area contributed by atoms with E-state index in [9.17, 15) is 57.8 Å². The predicted octanol–water partition coefficient (Wildman–Crippen LogP) is 26.6. The molecule has 0 saturated heterocycles. The molecule has 0 spiro atoms. The van der Waals surface area contributed by atoms with Crippen LogP contribution in [0.1, 0.15) is 11.1 Å². The van der Waals surface area contributed by atoms with Gasteiger partial charge in [-0.25, -0.2) is 52.7 Å². The van der Waals surface area contributed by atoms with E-state index < -0.39 is 69.8 Å². The van der Waals surface area contributed by atoms with Crippen LogP contribution in [0.2, 0.25) is 0 Å². The van der Waals surface area contributed by atoms with Crippen molar-refractivity contribution in [1.29, 1.82) is 0 Å². The number of halogens is 12. The number of para-hydroxylation sites is 2. The number of hydrogen-bond acceptors (Lipinski definition) is 16. The Morgan fingerprint density at radius 1 is 0.281 bits per heavy atom. The molecule has 0 bridgehead atoms. The molecule has 135 heavy (non-hydrogen) atoms. The number of ether oxygens (including phenoxy) is 5. The van der Waals surface area contributed by atoms with Crippen molar-refractivity contribution in [1.82, 2.24) is 49.8 Å². The lowest BCUT2D eigenvalue weighted by molar-refractivity contribution is 0.146. The van der Waals surface area contributed by atoms with E-state index in [-0.39, 0.29) is 34.9 Å². The quantitative estimate of drug-likeness (QED) is 0.0751. The summed E-state index contributed by atoms with van der Waals surface area (Å²) >= 11 is 0. The highest BCUT2D eigenvalue weighted by Gasteiger charge is 2.26. The molecule has 28 heteroatoms. The molecule has 21 rings (SSSR count). The van der Waals surface area contributed by atoms with Gasteiger partial charge in [0.1, 0.15) is 111 Å². The fourth-order valence-corrected chi connectivity index (χ4v) is 15.9. The van der Waals surface area contributed by atoms with Crippen LogP contribution in [-0.4, -0.2) is 89.2 Å². The van der Waals surface area contributed by atoms with E-state index in [0.29, 0.717) is 136 Å². The summed E-state index contributed by atoms with van der Waals surface area (Å²) in [5.74, 6) is -5.08. The van der Waals surface area contributed by atoms with Gasteiger partial charge in [-0.05, 0) is 247 Å². The van der Waals surface area contributed by atoms with Gasteiger partial charge in [0, 0.05) is 176 Å². The summed E-state index contributed by atoms with van der Waals surface area (Å²) in [6, 6.07) is 61.8. The molecule has 11 heterocycles. The standard InChI is InChI=1S/C24H20F2N2O2.C21H12F2N2O2.2C21H14F2N2O.C20H10F4N2/c1-15-13-17(30-12-11-29-2)4-6-18(15)23-24-21(8-10-27-23)19(7-9-28-24)20-5-3-16(25)14-22(20)26;22-12-4-5-14(17(23)10-12)13-6-8-24-19-15(13)7-9-25-20(19)16-2-1-3-18-21(16)27-11-26-18;1-12-10-14(26)3-5-15(12)20-21-18(7-9-24-20)16(6-8-25-21)17-4-2-13(22)11-19(17)23;1-26-19-5-3-2-4-17(19)21-20-16(9-11-25-21)14(8-10-24-20)15-7-6-13(22)12-18(15)23;21-11-4-5-13(17(24)10-11)12-6-8-25-19-14(12)7-9-26-20(19)18-15(22)2-1-3-16(18)23/h3-10,13-14H,11-12H2,1-2H3;1-10H,11H2;2-11,26H,1H3;2-12H,1H3;1-10H. The molecule has 0 amide bonds. The average molecular weight is 1820 g/mol. The minimum Gasteiger partial charge on any atom is -0.508 e. The molecule has 1 N–H and O–H groups in total. The number of hydrogen-bond donors (Lipinski definition) is 1. The second-order valence-electron chi connectivity index (χ2n) is 30.3. The van der Waals surface area contributed by atoms with E-state index in [1.807, 2.05) is 74.5 Å². The first-order valence-electron chi connectivity index (χ1n) is 41.5. The second-order valence-corrected chi connectivity index (χ2v) is 30.3. The van der Waals surface area contributed by atoms with Crippen LogP contribution in [0.4, 0.5) is 52.7 Å². The maximum Gasteiger partial charge on any atom is 0.231 e. The van der Waals surface area contributed by atoms with Crippen molar-refractivity contribution in [3.8, 4) is 141 Å². The molecule has 0 saturated carbocycles. The monoisotopic (exact) mass is 1820 g/mol. The fraction of sp³-hybridized carbons (Fsp3) is 0.0654. The van der Waals surface area contributed by atoms with Gasteiger partial charge >= 0.3 is 0 Å². The molecule has 0 unspecified atom stereocenters. The van der Waals surface area contributed by atoms with Crippen LogP contribution in [0, 0.1) is 83.7 Å². The second kappa shape index (κ2) is 39.8. The average Bonchev–Trinajstić information content (AvgIpc) is 1.75. The van der Waals surface area contributed by atoms with Gasteiger partial charge < -0.3 is 28.8 Å². The van der Waals surface area contributed by atoms with Crippen molar-refractivity contribution in [3.05, 3.63) is 392 Å². The number of aryl methyl sites for hydroxylation is 2. The number of pyridine rings is 10. The van der Waals surface area contributed by atoms with Gasteiger partial charge in [-0.3, -0.25) is 49.8 Å². The number of aromatic hydroxyl groups is 1. The third-order valence-corrected chi connectivity index (χ3v) is 22.1. The SMILES string of the molecule is COCCOc1ccc(-c2nccc3c(-c4ccc(F)cc4F)ccnc23)c(C)c1.COc1ccccc1-c1nccc2c(-c3ccc(F)cc3F)ccnc12.Cc1cc(O)ccc1-c1nccc2c(-c3ccc(F)cc3F)ccnc12.Fc1ccc(-c2ccnc3c(-c4c(F)cccc4F)nccc23)c(F)c1.Fc1ccc(-c2ccnc3c(-c4cccc5c4OCO5)nccc23)c(F)c1. The van der Waals surface area contributed by atoms with Gasteiger partial charge in [0.15, 0.2) is 11.5 Å². The van der Waals surface area contributed by atoms with Crippen molar-refractivity contribution in [2.45, 2.75) is 13.8 Å². The van der Waals surface area contributed by atoms with Crippen molar-refractivity contribution >= 4 is 54.5 Å². The van der Waals surface area contributed by atoms with Crippen molar-refractivity contribution in [2.24, 2.45) is 0 Å². The molecule has 10 aromatic carbocycles. The van der Waals surface area contributed by atoms with Gasteiger partial charge in [-0.2, -0.15) is 0 Å². The maximum absolute atomic E-state index is 14.4. The zero-order chi connectivity index (χ0) is 94.1. The molecule has 16 nitrogen and oxygen atoms in total. The molecule has 0 aliphatic carbocycles. The first kappa shape index (κ1) is 90.1. The Hall–Kier alpha value is -16.9. The Bertz CT molecular complexity index is 7830. The lowest BCUT2D eigenvalue weighted by Gasteiger charge is -2.13. The highest BCUT2D eigenvalue weighted by Crippen LogP contribution is 2.46. The van der Waals surface area contributed by atoms with Gasteiger partial charge in [0.05, 0.1) is 58.3 Å². The first-order valence-corrected chi connectivity index (χ1v) is 41.5. The summed E-state index contributed by atoms with van der Waals surface area (Å²) in [6.07, 6.45) is 15.7. The van der Waals surface area contributed by atoms with Crippen LogP contribution in [0.5, 0.6) is 28.7 Å². The molecule has 1 aliphatic rings. The number of aromatic nitrogens is 10. The Labute approximate surface area is 762 Å². The van der Waals surface area contributed by atoms with Crippen LogP contribution in [-0.2, 0) is 4.74 Å². The highest BCUT2D eigenvalue weighted by atomic mass is 19.2. The number of rotatable bonds is 15. The molecular formula is C107H70F12N10O6. The zero-order valence-corrected chi connectivity index (χ0v) is 71.6. The molecule has 10 aromatic heterocycles.